The Morgan fingerprint density at radius 2 is 2.23 bits per heavy atom. The van der Waals surface area contributed by atoms with Crippen LogP contribution in [0.15, 0.2) is 12.1 Å². The summed E-state index contributed by atoms with van der Waals surface area (Å²) in [6.45, 7) is 0. The number of nitrogens with zero attached hydrogens (tertiary/aromatic N) is 1. The van der Waals surface area contributed by atoms with E-state index < -0.39 is 10.7 Å². The lowest BCUT2D eigenvalue weighted by Crippen LogP contribution is -2.09. The number of hydrogen-bond acceptors (Lipinski definition) is 4. The molecule has 0 saturated carbocycles. The van der Waals surface area contributed by atoms with E-state index in [1.165, 1.54) is 0 Å². The standard InChI is InChI=1S/C6H5FIN3O2/c7-3-1-5(10-9)6(11(12)13)2-4(3)8/h1-2,10H,9H2. The molecule has 0 aliphatic heterocycles. The molecule has 0 heterocycles. The van der Waals surface area contributed by atoms with E-state index in [1.807, 2.05) is 0 Å². The zero-order chi connectivity index (χ0) is 10.0. The van der Waals surface area contributed by atoms with Crippen LogP contribution in [0.1, 0.15) is 0 Å². The summed E-state index contributed by atoms with van der Waals surface area (Å²) >= 11 is 1.67. The van der Waals surface area contributed by atoms with Gasteiger partial charge in [-0.3, -0.25) is 16.0 Å². The average molecular weight is 297 g/mol. The first-order chi connectivity index (χ1) is 6.06. The van der Waals surface area contributed by atoms with Crippen molar-refractivity contribution >= 4 is 34.0 Å². The monoisotopic (exact) mass is 297 g/mol. The number of hydrogen-bond donors (Lipinski definition) is 2. The van der Waals surface area contributed by atoms with Gasteiger partial charge in [-0.1, -0.05) is 0 Å². The summed E-state index contributed by atoms with van der Waals surface area (Å²) in [5.74, 6) is 4.44. The third-order valence-corrected chi connectivity index (χ3v) is 2.22. The van der Waals surface area contributed by atoms with Crippen LogP contribution in [0.5, 0.6) is 0 Å². The van der Waals surface area contributed by atoms with E-state index in [4.69, 9.17) is 5.84 Å². The highest BCUT2D eigenvalue weighted by molar-refractivity contribution is 14.1. The van der Waals surface area contributed by atoms with Gasteiger partial charge in [-0.25, -0.2) is 4.39 Å². The van der Waals surface area contributed by atoms with Crippen LogP contribution in [0.4, 0.5) is 15.8 Å². The topological polar surface area (TPSA) is 81.2 Å². The van der Waals surface area contributed by atoms with Gasteiger partial charge in [0.05, 0.1) is 8.49 Å². The molecule has 1 aromatic rings. The number of nitrogens with two attached hydrogens (primary N) is 1. The van der Waals surface area contributed by atoms with Crippen LogP contribution in [0.2, 0.25) is 0 Å². The molecule has 7 heteroatoms. The predicted molar refractivity (Wildman–Crippen MR) is 53.6 cm³/mol. The Morgan fingerprint density at radius 1 is 1.62 bits per heavy atom. The maximum Gasteiger partial charge on any atom is 0.294 e. The third kappa shape index (κ3) is 2.04. The minimum Gasteiger partial charge on any atom is -0.318 e. The largest absolute Gasteiger partial charge is 0.318 e. The van der Waals surface area contributed by atoms with Gasteiger partial charge in [-0.15, -0.1) is 0 Å². The molecule has 0 saturated heterocycles. The van der Waals surface area contributed by atoms with E-state index in [1.54, 1.807) is 22.6 Å². The number of anilines is 1. The summed E-state index contributed by atoms with van der Waals surface area (Å²) < 4.78 is 13.1. The zero-order valence-electron chi connectivity index (χ0n) is 6.25. The lowest BCUT2D eigenvalue weighted by Gasteiger charge is -2.02. The third-order valence-electron chi connectivity index (χ3n) is 1.39. The Hall–Kier alpha value is -0.960. The Balaban J connectivity index is 3.33. The van der Waals surface area contributed by atoms with Crippen molar-refractivity contribution in [2.75, 3.05) is 5.43 Å². The minimum atomic E-state index is -0.628. The summed E-state index contributed by atoms with van der Waals surface area (Å²) in [5.41, 5.74) is 1.78. The molecule has 0 unspecified atom stereocenters. The number of rotatable bonds is 2. The van der Waals surface area contributed by atoms with Crippen molar-refractivity contribution in [3.05, 3.63) is 31.6 Å². The lowest BCUT2D eigenvalue weighted by molar-refractivity contribution is -0.384. The van der Waals surface area contributed by atoms with Crippen molar-refractivity contribution in [1.82, 2.24) is 0 Å². The van der Waals surface area contributed by atoms with E-state index in [0.29, 0.717) is 0 Å². The van der Waals surface area contributed by atoms with E-state index in [0.717, 1.165) is 12.1 Å². The second kappa shape index (κ2) is 3.83. The first-order valence-electron chi connectivity index (χ1n) is 3.16. The molecule has 0 spiro atoms. The van der Waals surface area contributed by atoms with Crippen molar-refractivity contribution in [3.8, 4) is 0 Å². The molecule has 70 valence electrons. The van der Waals surface area contributed by atoms with Crippen LogP contribution in [0.25, 0.3) is 0 Å². The summed E-state index contributed by atoms with van der Waals surface area (Å²) in [6, 6.07) is 2.10. The summed E-state index contributed by atoms with van der Waals surface area (Å²) in [5, 5.41) is 10.4. The minimum absolute atomic E-state index is 0.0390. The van der Waals surface area contributed by atoms with E-state index >= 15 is 0 Å². The van der Waals surface area contributed by atoms with Gasteiger partial charge in [0.25, 0.3) is 5.69 Å². The molecule has 0 radical (unpaired) electrons. The number of halogens is 2. The molecule has 3 N–H and O–H groups in total. The molecular formula is C6H5FIN3O2. The Bertz CT molecular complexity index is 358. The SMILES string of the molecule is NNc1cc(F)c(I)cc1[N+](=O)[O-]. The van der Waals surface area contributed by atoms with Gasteiger partial charge in [0.1, 0.15) is 11.5 Å². The van der Waals surface area contributed by atoms with Crippen LogP contribution in [0, 0.1) is 19.5 Å². The first-order valence-corrected chi connectivity index (χ1v) is 4.24. The Labute approximate surface area is 86.4 Å². The molecule has 0 aliphatic rings. The van der Waals surface area contributed by atoms with Gasteiger partial charge in [-0.05, 0) is 22.6 Å². The van der Waals surface area contributed by atoms with Crippen molar-refractivity contribution in [3.63, 3.8) is 0 Å². The summed E-state index contributed by atoms with van der Waals surface area (Å²) in [4.78, 5) is 9.80. The Morgan fingerprint density at radius 3 is 2.69 bits per heavy atom. The van der Waals surface area contributed by atoms with Gasteiger partial charge in [0.2, 0.25) is 0 Å². The summed E-state index contributed by atoms with van der Waals surface area (Å²) in [7, 11) is 0. The smallest absolute Gasteiger partial charge is 0.294 e. The zero-order valence-corrected chi connectivity index (χ0v) is 8.41. The molecule has 0 fully saturated rings. The normalized spacial score (nSPS) is 9.77. The number of nitro groups is 1. The fourth-order valence-corrected chi connectivity index (χ4v) is 1.25. The van der Waals surface area contributed by atoms with Crippen LogP contribution < -0.4 is 11.3 Å². The average Bonchev–Trinajstić information content (AvgIpc) is 2.08. The van der Waals surface area contributed by atoms with E-state index in [2.05, 4.69) is 5.43 Å². The molecule has 1 aromatic carbocycles. The van der Waals surface area contributed by atoms with Gasteiger partial charge in [0.15, 0.2) is 0 Å². The van der Waals surface area contributed by atoms with Gasteiger partial charge >= 0.3 is 0 Å². The quantitative estimate of drug-likeness (QED) is 0.376. The fraction of sp³-hybridized carbons (Fsp3) is 0. The molecule has 1 rings (SSSR count). The van der Waals surface area contributed by atoms with Crippen LogP contribution in [-0.4, -0.2) is 4.92 Å². The maximum atomic E-state index is 12.9. The van der Waals surface area contributed by atoms with Gasteiger partial charge in [0, 0.05) is 12.1 Å². The predicted octanol–water partition coefficient (Wildman–Crippen LogP) is 1.62. The molecule has 0 aliphatic carbocycles. The molecule has 0 atom stereocenters. The van der Waals surface area contributed by atoms with E-state index in [9.17, 15) is 14.5 Å². The number of nitrogens with one attached hydrogen (secondary N) is 1. The van der Waals surface area contributed by atoms with Crippen molar-refractivity contribution in [2.45, 2.75) is 0 Å². The molecular weight excluding hydrogens is 292 g/mol. The van der Waals surface area contributed by atoms with Crippen molar-refractivity contribution < 1.29 is 9.31 Å². The molecule has 0 bridgehead atoms. The second-order valence-corrected chi connectivity index (χ2v) is 3.35. The van der Waals surface area contributed by atoms with Gasteiger partial charge in [-0.2, -0.15) is 0 Å². The highest BCUT2D eigenvalue weighted by Gasteiger charge is 2.16. The molecule has 0 aromatic heterocycles. The first kappa shape index (κ1) is 10.1. The number of nitro benzene ring substituents is 1. The van der Waals surface area contributed by atoms with Crippen LogP contribution in [0.3, 0.4) is 0 Å². The number of nitrogen functional groups attached to an aromatic ring is 1. The maximum absolute atomic E-state index is 12.9. The summed E-state index contributed by atoms with van der Waals surface area (Å²) in [6.07, 6.45) is 0. The second-order valence-electron chi connectivity index (χ2n) is 2.18. The highest BCUT2D eigenvalue weighted by Crippen LogP contribution is 2.27. The van der Waals surface area contributed by atoms with Crippen LogP contribution >= 0.6 is 22.6 Å². The lowest BCUT2D eigenvalue weighted by atomic mass is 10.2. The van der Waals surface area contributed by atoms with Crippen molar-refractivity contribution in [1.29, 1.82) is 0 Å². The van der Waals surface area contributed by atoms with Gasteiger partial charge < -0.3 is 5.43 Å². The van der Waals surface area contributed by atoms with Crippen molar-refractivity contribution in [2.24, 2.45) is 5.84 Å². The Kier molecular flexibility index (Phi) is 2.98. The molecule has 5 nitrogen and oxygen atoms in total. The molecule has 13 heavy (non-hydrogen) atoms. The highest BCUT2D eigenvalue weighted by atomic mass is 127. The molecule has 0 amide bonds. The fourth-order valence-electron chi connectivity index (χ4n) is 0.803. The van der Waals surface area contributed by atoms with E-state index in [-0.39, 0.29) is 14.9 Å². The number of benzene rings is 1. The van der Waals surface area contributed by atoms with Crippen LogP contribution in [-0.2, 0) is 0 Å². The number of hydrazine groups is 1.